The summed E-state index contributed by atoms with van der Waals surface area (Å²) in [5.74, 6) is 0.787. The normalized spacial score (nSPS) is 25.3. The number of rotatable bonds is 12. The summed E-state index contributed by atoms with van der Waals surface area (Å²) in [6.07, 6.45) is 11.1. The van der Waals surface area contributed by atoms with Crippen LogP contribution < -0.4 is 0 Å². The highest BCUT2D eigenvalue weighted by molar-refractivity contribution is 5.14. The van der Waals surface area contributed by atoms with E-state index in [4.69, 9.17) is 0 Å². The highest BCUT2D eigenvalue weighted by atomic mass is 15.5. The number of hydrogen-bond donors (Lipinski definition) is 0. The fourth-order valence-electron chi connectivity index (χ4n) is 5.32. The van der Waals surface area contributed by atoms with Gasteiger partial charge in [0.25, 0.3) is 0 Å². The Balaban J connectivity index is 3.42. The maximum atomic E-state index is 2.77. The molecule has 2 nitrogen and oxygen atoms in total. The minimum absolute atomic E-state index is 0.616. The topological polar surface area (TPSA) is 3.24 Å². The zero-order valence-electron chi connectivity index (χ0n) is 18.7. The van der Waals surface area contributed by atoms with Gasteiger partial charge < -0.3 is 4.90 Å². The van der Waals surface area contributed by atoms with Crippen molar-refractivity contribution in [1.82, 2.24) is 4.90 Å². The molecule has 0 radical (unpaired) electrons. The van der Waals surface area contributed by atoms with Crippen molar-refractivity contribution < 1.29 is 4.48 Å². The smallest absolute Gasteiger partial charge is 0.166 e. The molecule has 0 aromatic rings. The van der Waals surface area contributed by atoms with Gasteiger partial charge >= 0.3 is 0 Å². The summed E-state index contributed by atoms with van der Waals surface area (Å²) in [6, 6.07) is 0.784. The molecule has 0 fully saturated rings. The number of quaternary nitrogens is 1. The summed E-state index contributed by atoms with van der Waals surface area (Å²) >= 11 is 0. The Morgan fingerprint density at radius 3 is 2.12 bits per heavy atom. The molecular weight excluding hydrogens is 304 g/mol. The van der Waals surface area contributed by atoms with Gasteiger partial charge in [-0.1, -0.05) is 54.4 Å². The van der Waals surface area contributed by atoms with Crippen LogP contribution in [0.1, 0.15) is 107 Å². The van der Waals surface area contributed by atoms with Crippen LogP contribution in [0.25, 0.3) is 0 Å². The molecule has 0 bridgehead atoms. The van der Waals surface area contributed by atoms with Gasteiger partial charge in [0, 0.05) is 19.9 Å². The van der Waals surface area contributed by atoms with Crippen LogP contribution in [0, 0.1) is 5.92 Å². The van der Waals surface area contributed by atoms with Gasteiger partial charge in [-0.3, -0.25) is 4.48 Å². The zero-order chi connectivity index (χ0) is 19.0. The van der Waals surface area contributed by atoms with Gasteiger partial charge in [-0.15, -0.1) is 0 Å². The zero-order valence-corrected chi connectivity index (χ0v) is 18.7. The third-order valence-electron chi connectivity index (χ3n) is 6.56. The second-order valence-corrected chi connectivity index (χ2v) is 8.46. The van der Waals surface area contributed by atoms with Crippen molar-refractivity contribution in [2.24, 2.45) is 5.92 Å². The van der Waals surface area contributed by atoms with E-state index in [1.165, 1.54) is 62.4 Å². The highest BCUT2D eigenvalue weighted by Gasteiger charge is 2.52. The van der Waals surface area contributed by atoms with Gasteiger partial charge in [0.1, 0.15) is 5.70 Å². The van der Waals surface area contributed by atoms with Crippen molar-refractivity contribution >= 4 is 0 Å². The van der Waals surface area contributed by atoms with E-state index in [1.807, 2.05) is 0 Å². The van der Waals surface area contributed by atoms with Crippen molar-refractivity contribution in [3.63, 3.8) is 0 Å². The van der Waals surface area contributed by atoms with Crippen LogP contribution in [0.2, 0.25) is 0 Å². The molecule has 1 rings (SSSR count). The van der Waals surface area contributed by atoms with Gasteiger partial charge in [-0.2, -0.15) is 0 Å². The van der Waals surface area contributed by atoms with Crippen molar-refractivity contribution in [2.45, 2.75) is 119 Å². The average molecular weight is 352 g/mol. The number of nitrogens with zero attached hydrogens (tertiary/aromatic N) is 2. The van der Waals surface area contributed by atoms with Crippen molar-refractivity contribution in [3.8, 4) is 0 Å². The molecular formula is C23H47N2+. The van der Waals surface area contributed by atoms with E-state index in [1.54, 1.807) is 11.4 Å². The van der Waals surface area contributed by atoms with E-state index in [0.29, 0.717) is 6.17 Å². The van der Waals surface area contributed by atoms with Crippen LogP contribution in [0.4, 0.5) is 0 Å². The molecule has 148 valence electrons. The third kappa shape index (κ3) is 4.62. The maximum absolute atomic E-state index is 2.77. The van der Waals surface area contributed by atoms with E-state index in [9.17, 15) is 0 Å². The summed E-state index contributed by atoms with van der Waals surface area (Å²) in [4.78, 5) is 2.77. The molecule has 1 aliphatic heterocycles. The van der Waals surface area contributed by atoms with Gasteiger partial charge in [0.2, 0.25) is 0 Å². The molecule has 0 aromatic carbocycles. The largest absolute Gasteiger partial charge is 0.321 e. The molecule has 25 heavy (non-hydrogen) atoms. The SMILES string of the molecule is CCCC[N+]1(C(CC)CCC)C(CC)=C(CCC(C)C)N(CC)C1C. The lowest BCUT2D eigenvalue weighted by molar-refractivity contribution is -0.941. The minimum Gasteiger partial charge on any atom is -0.321 e. The number of allylic oxidation sites excluding steroid dienone is 2. The summed E-state index contributed by atoms with van der Waals surface area (Å²) < 4.78 is 1.27. The van der Waals surface area contributed by atoms with E-state index >= 15 is 0 Å². The van der Waals surface area contributed by atoms with Gasteiger partial charge in [-0.05, 0) is 44.9 Å². The number of hydrogen-bond acceptors (Lipinski definition) is 1. The third-order valence-corrected chi connectivity index (χ3v) is 6.56. The van der Waals surface area contributed by atoms with Crippen LogP contribution in [-0.2, 0) is 0 Å². The Hall–Kier alpha value is -0.500. The second kappa shape index (κ2) is 10.6. The quantitative estimate of drug-likeness (QED) is 0.345. The molecule has 0 amide bonds. The lowest BCUT2D eigenvalue weighted by atomic mass is 9.98. The van der Waals surface area contributed by atoms with Crippen LogP contribution in [0.15, 0.2) is 11.4 Å². The minimum atomic E-state index is 0.616. The van der Waals surface area contributed by atoms with Crippen molar-refractivity contribution in [2.75, 3.05) is 13.1 Å². The van der Waals surface area contributed by atoms with Gasteiger partial charge in [0.15, 0.2) is 6.17 Å². The first-order chi connectivity index (χ1) is 11.9. The Morgan fingerprint density at radius 2 is 1.68 bits per heavy atom. The maximum Gasteiger partial charge on any atom is 0.166 e. The lowest BCUT2D eigenvalue weighted by Crippen LogP contribution is -2.60. The molecule has 2 heteroatoms. The van der Waals surface area contributed by atoms with Gasteiger partial charge in [-0.25, -0.2) is 0 Å². The fourth-order valence-corrected chi connectivity index (χ4v) is 5.32. The van der Waals surface area contributed by atoms with E-state index in [2.05, 4.69) is 60.3 Å². The molecule has 0 N–H and O–H groups in total. The van der Waals surface area contributed by atoms with Gasteiger partial charge in [0.05, 0.1) is 18.3 Å². The van der Waals surface area contributed by atoms with Crippen molar-refractivity contribution in [3.05, 3.63) is 11.4 Å². The molecule has 1 heterocycles. The lowest BCUT2D eigenvalue weighted by Gasteiger charge is -2.47. The molecule has 0 aromatic heterocycles. The summed E-state index contributed by atoms with van der Waals surface area (Å²) in [5.41, 5.74) is 3.49. The molecule has 0 spiro atoms. The number of unbranched alkanes of at least 4 members (excludes halogenated alkanes) is 1. The Morgan fingerprint density at radius 1 is 1.00 bits per heavy atom. The van der Waals surface area contributed by atoms with E-state index in [-0.39, 0.29) is 0 Å². The molecule has 1 aliphatic rings. The van der Waals surface area contributed by atoms with Crippen LogP contribution in [0.5, 0.6) is 0 Å². The van der Waals surface area contributed by atoms with Crippen LogP contribution in [0.3, 0.4) is 0 Å². The average Bonchev–Trinajstić information content (AvgIpc) is 2.83. The standard InChI is InChI=1S/C23H47N2/c1-9-14-18-25(21(11-3)15-10-2)20(8)24(13-5)22(23(25)12-4)17-16-19(6)7/h19-21H,9-18H2,1-8H3/q+1. The van der Waals surface area contributed by atoms with E-state index in [0.717, 1.165) is 18.5 Å². The van der Waals surface area contributed by atoms with Crippen LogP contribution in [-0.4, -0.2) is 34.7 Å². The first kappa shape index (κ1) is 22.5. The second-order valence-electron chi connectivity index (χ2n) is 8.46. The monoisotopic (exact) mass is 351 g/mol. The Labute approximate surface area is 159 Å². The fraction of sp³-hybridized carbons (Fsp3) is 0.913. The summed E-state index contributed by atoms with van der Waals surface area (Å²) in [7, 11) is 0. The Bertz CT molecular complexity index is 412. The first-order valence-corrected chi connectivity index (χ1v) is 11.3. The molecule has 0 saturated heterocycles. The predicted octanol–water partition coefficient (Wildman–Crippen LogP) is 6.92. The molecule has 0 saturated carbocycles. The molecule has 0 aliphatic carbocycles. The summed E-state index contributed by atoms with van der Waals surface area (Å²) in [5, 5.41) is 0. The summed E-state index contributed by atoms with van der Waals surface area (Å²) in [6.45, 7) is 21.7. The Kier molecular flexibility index (Phi) is 9.56. The molecule has 3 atom stereocenters. The van der Waals surface area contributed by atoms with Crippen molar-refractivity contribution in [1.29, 1.82) is 0 Å². The highest BCUT2D eigenvalue weighted by Crippen LogP contribution is 2.45. The van der Waals surface area contributed by atoms with E-state index < -0.39 is 0 Å². The first-order valence-electron chi connectivity index (χ1n) is 11.3. The predicted molar refractivity (Wildman–Crippen MR) is 112 cm³/mol. The van der Waals surface area contributed by atoms with Crippen LogP contribution >= 0.6 is 0 Å². The molecule has 3 unspecified atom stereocenters.